The van der Waals surface area contributed by atoms with Crippen molar-refractivity contribution in [2.24, 2.45) is 0 Å². The van der Waals surface area contributed by atoms with Crippen molar-refractivity contribution in [1.82, 2.24) is 0 Å². The van der Waals surface area contributed by atoms with Crippen LogP contribution in [0.1, 0.15) is 18.4 Å². The molecule has 0 heterocycles. The summed E-state index contributed by atoms with van der Waals surface area (Å²) in [6, 6.07) is 8.01. The van der Waals surface area contributed by atoms with Crippen LogP contribution in [0.25, 0.3) is 0 Å². The summed E-state index contributed by atoms with van der Waals surface area (Å²) >= 11 is 3.35. The van der Waals surface area contributed by atoms with Gasteiger partial charge in [0.05, 0.1) is 0 Å². The average molecular weight is 215 g/mol. The number of rotatable bonds is 2. The van der Waals surface area contributed by atoms with Crippen LogP contribution in [-0.2, 0) is 0 Å². The quantitative estimate of drug-likeness (QED) is 0.803. The molecule has 0 amide bonds. The highest BCUT2D eigenvalue weighted by atomic mass is 79.9. The predicted molar refractivity (Wildman–Crippen MR) is 49.6 cm³/mol. The maximum atomic E-state index is 8.85. The Morgan fingerprint density at radius 3 is 2.36 bits per heavy atom. The third-order valence-electron chi connectivity index (χ3n) is 1.71. The Hall–Kier alpha value is -0.340. The van der Waals surface area contributed by atoms with Crippen molar-refractivity contribution in [3.63, 3.8) is 0 Å². The zero-order valence-electron chi connectivity index (χ0n) is 6.42. The molecule has 0 aliphatic carbocycles. The van der Waals surface area contributed by atoms with E-state index in [1.165, 1.54) is 5.56 Å². The summed E-state index contributed by atoms with van der Waals surface area (Å²) in [5.74, 6) is 0.239. The highest BCUT2D eigenvalue weighted by Crippen LogP contribution is 2.17. The molecule has 0 spiro atoms. The fourth-order valence-electron chi connectivity index (χ4n) is 0.897. The lowest BCUT2D eigenvalue weighted by Crippen LogP contribution is -1.97. The molecule has 60 valence electrons. The number of benzene rings is 1. The van der Waals surface area contributed by atoms with E-state index in [4.69, 9.17) is 5.11 Å². The van der Waals surface area contributed by atoms with Gasteiger partial charge in [0.25, 0.3) is 0 Å². The molecular weight excluding hydrogens is 204 g/mol. The summed E-state index contributed by atoms with van der Waals surface area (Å²) < 4.78 is 1.08. The lowest BCUT2D eigenvalue weighted by molar-refractivity contribution is 0.273. The maximum absolute atomic E-state index is 8.85. The summed E-state index contributed by atoms with van der Waals surface area (Å²) in [6.45, 7) is 2.21. The SMILES string of the molecule is C[C@@H](CO)c1ccc(Br)cc1. The van der Waals surface area contributed by atoms with Gasteiger partial charge in [-0.1, -0.05) is 35.0 Å². The van der Waals surface area contributed by atoms with Gasteiger partial charge in [-0.2, -0.15) is 0 Å². The molecule has 0 aliphatic rings. The molecule has 0 unspecified atom stereocenters. The summed E-state index contributed by atoms with van der Waals surface area (Å²) in [5, 5.41) is 8.85. The smallest absolute Gasteiger partial charge is 0.0497 e. The first-order valence-corrected chi connectivity index (χ1v) is 4.39. The first-order valence-electron chi connectivity index (χ1n) is 3.60. The van der Waals surface area contributed by atoms with Gasteiger partial charge in [-0.05, 0) is 17.7 Å². The molecule has 0 radical (unpaired) electrons. The fraction of sp³-hybridized carbons (Fsp3) is 0.333. The van der Waals surface area contributed by atoms with Crippen molar-refractivity contribution in [3.05, 3.63) is 34.3 Å². The molecule has 0 aliphatic heterocycles. The summed E-state index contributed by atoms with van der Waals surface area (Å²) in [5.41, 5.74) is 1.18. The number of halogens is 1. The van der Waals surface area contributed by atoms with Gasteiger partial charge in [0, 0.05) is 17.0 Å². The molecule has 0 fully saturated rings. The monoisotopic (exact) mass is 214 g/mol. The summed E-state index contributed by atoms with van der Waals surface area (Å²) in [4.78, 5) is 0. The van der Waals surface area contributed by atoms with Crippen molar-refractivity contribution < 1.29 is 5.11 Å². The molecule has 1 aromatic rings. The van der Waals surface area contributed by atoms with Crippen molar-refractivity contribution in [2.45, 2.75) is 12.8 Å². The van der Waals surface area contributed by atoms with Crippen molar-refractivity contribution in [1.29, 1.82) is 0 Å². The minimum atomic E-state index is 0.210. The second kappa shape index (κ2) is 3.88. The van der Waals surface area contributed by atoms with Gasteiger partial charge in [-0.15, -0.1) is 0 Å². The Morgan fingerprint density at radius 1 is 1.36 bits per heavy atom. The van der Waals surface area contributed by atoms with Gasteiger partial charge < -0.3 is 5.11 Å². The van der Waals surface area contributed by atoms with E-state index < -0.39 is 0 Å². The van der Waals surface area contributed by atoms with Crippen molar-refractivity contribution >= 4 is 15.9 Å². The van der Waals surface area contributed by atoms with E-state index in [0.29, 0.717) is 0 Å². The predicted octanol–water partition coefficient (Wildman–Crippen LogP) is 2.54. The second-order valence-corrected chi connectivity index (χ2v) is 3.55. The van der Waals surface area contributed by atoms with Gasteiger partial charge in [0.2, 0.25) is 0 Å². The Morgan fingerprint density at radius 2 is 1.91 bits per heavy atom. The van der Waals surface area contributed by atoms with Gasteiger partial charge in [-0.25, -0.2) is 0 Å². The van der Waals surface area contributed by atoms with E-state index in [1.54, 1.807) is 0 Å². The topological polar surface area (TPSA) is 20.2 Å². The van der Waals surface area contributed by atoms with Gasteiger partial charge >= 0.3 is 0 Å². The van der Waals surface area contributed by atoms with E-state index in [9.17, 15) is 0 Å². The first-order chi connectivity index (χ1) is 5.24. The molecule has 0 saturated heterocycles. The lowest BCUT2D eigenvalue weighted by atomic mass is 10.0. The number of aliphatic hydroxyl groups is 1. The van der Waals surface area contributed by atoms with Crippen LogP contribution in [0.4, 0.5) is 0 Å². The van der Waals surface area contributed by atoms with Crippen LogP contribution in [-0.4, -0.2) is 11.7 Å². The molecule has 1 atom stereocenters. The third kappa shape index (κ3) is 2.31. The largest absolute Gasteiger partial charge is 0.396 e. The van der Waals surface area contributed by atoms with Crippen LogP contribution >= 0.6 is 15.9 Å². The highest BCUT2D eigenvalue weighted by molar-refractivity contribution is 9.10. The van der Waals surface area contributed by atoms with Crippen molar-refractivity contribution in [2.75, 3.05) is 6.61 Å². The van der Waals surface area contributed by atoms with E-state index in [-0.39, 0.29) is 12.5 Å². The van der Waals surface area contributed by atoms with E-state index >= 15 is 0 Å². The Labute approximate surface area is 75.2 Å². The van der Waals surface area contributed by atoms with Crippen LogP contribution in [0.3, 0.4) is 0 Å². The van der Waals surface area contributed by atoms with E-state index in [1.807, 2.05) is 31.2 Å². The number of hydrogen-bond donors (Lipinski definition) is 1. The highest BCUT2D eigenvalue weighted by Gasteiger charge is 2.01. The molecule has 1 rings (SSSR count). The van der Waals surface area contributed by atoms with Gasteiger partial charge in [0.1, 0.15) is 0 Å². The molecule has 0 bridgehead atoms. The number of aliphatic hydroxyl groups excluding tert-OH is 1. The zero-order valence-corrected chi connectivity index (χ0v) is 8.01. The normalized spacial score (nSPS) is 13.0. The van der Waals surface area contributed by atoms with Crippen LogP contribution < -0.4 is 0 Å². The van der Waals surface area contributed by atoms with Crippen LogP contribution in [0.5, 0.6) is 0 Å². The van der Waals surface area contributed by atoms with Crippen LogP contribution in [0.15, 0.2) is 28.7 Å². The van der Waals surface area contributed by atoms with E-state index in [0.717, 1.165) is 4.47 Å². The van der Waals surface area contributed by atoms with Gasteiger partial charge in [0.15, 0.2) is 0 Å². The summed E-state index contributed by atoms with van der Waals surface area (Å²) in [6.07, 6.45) is 0. The summed E-state index contributed by atoms with van der Waals surface area (Å²) in [7, 11) is 0. The lowest BCUT2D eigenvalue weighted by Gasteiger charge is -2.06. The minimum absolute atomic E-state index is 0.210. The molecule has 1 nitrogen and oxygen atoms in total. The Bertz CT molecular complexity index is 218. The minimum Gasteiger partial charge on any atom is -0.396 e. The first kappa shape index (κ1) is 8.75. The average Bonchev–Trinajstić information content (AvgIpc) is 2.05. The molecular formula is C9H11BrO. The molecule has 0 aromatic heterocycles. The molecule has 0 saturated carbocycles. The fourth-order valence-corrected chi connectivity index (χ4v) is 1.16. The van der Waals surface area contributed by atoms with E-state index in [2.05, 4.69) is 15.9 Å². The third-order valence-corrected chi connectivity index (χ3v) is 2.24. The molecule has 11 heavy (non-hydrogen) atoms. The molecule has 2 heteroatoms. The number of hydrogen-bond acceptors (Lipinski definition) is 1. The molecule has 1 aromatic carbocycles. The second-order valence-electron chi connectivity index (χ2n) is 2.64. The van der Waals surface area contributed by atoms with Crippen LogP contribution in [0, 0.1) is 0 Å². The van der Waals surface area contributed by atoms with Crippen molar-refractivity contribution in [3.8, 4) is 0 Å². The van der Waals surface area contributed by atoms with Gasteiger partial charge in [-0.3, -0.25) is 0 Å². The zero-order chi connectivity index (χ0) is 8.27. The standard InChI is InChI=1S/C9H11BrO/c1-7(6-11)8-2-4-9(10)5-3-8/h2-5,7,11H,6H2,1H3/t7-/m0/s1. The Kier molecular flexibility index (Phi) is 3.09. The maximum Gasteiger partial charge on any atom is 0.0497 e. The Balaban J connectivity index is 2.81. The molecule has 1 N–H and O–H groups in total. The van der Waals surface area contributed by atoms with Crippen LogP contribution in [0.2, 0.25) is 0 Å².